The Labute approximate surface area is 176 Å². The van der Waals surface area contributed by atoms with Gasteiger partial charge in [0.05, 0.1) is 11.2 Å². The fraction of sp³-hybridized carbons (Fsp3) is 0.214. The standard InChI is InChI=1S/C28H33N/c1-7-14-24(15-8-2)21-23(10-4)20-19-22(6)29-27(11-5)25(16-9-3)26-17-12-13-18-28(26)29/h7-9,11-20H,1,5,10,21H2,2-4,6H3/b15-8-,16-9-,22-19+,23-20+,24-14+. The molecule has 0 N–H and O–H groups in total. The smallest absolute Gasteiger partial charge is 0.0537 e. The largest absolute Gasteiger partial charge is 0.313 e. The molecule has 0 saturated carbocycles. The van der Waals surface area contributed by atoms with Gasteiger partial charge in [0, 0.05) is 16.6 Å². The fourth-order valence-corrected chi connectivity index (χ4v) is 3.62. The van der Waals surface area contributed by atoms with Gasteiger partial charge in [0.1, 0.15) is 0 Å². The first-order valence-corrected chi connectivity index (χ1v) is 10.3. The minimum atomic E-state index is 0.932. The highest BCUT2D eigenvalue weighted by atomic mass is 15.0. The summed E-state index contributed by atoms with van der Waals surface area (Å²) in [5, 5.41) is 1.25. The lowest BCUT2D eigenvalue weighted by atomic mass is 10.0. The van der Waals surface area contributed by atoms with Crippen molar-refractivity contribution >= 4 is 28.8 Å². The number of fused-ring (bicyclic) bond motifs is 1. The molecular weight excluding hydrogens is 350 g/mol. The maximum absolute atomic E-state index is 4.08. The maximum Gasteiger partial charge on any atom is 0.0537 e. The zero-order valence-corrected chi connectivity index (χ0v) is 18.3. The SMILES string of the molecule is C=C/C=C(\C=C/C)C/C(=C/C=C(\C)n1c(C=C)c(/C=C\C)c2ccccc21)CC. The molecule has 0 bridgehead atoms. The molecule has 2 rings (SSSR count). The van der Waals surface area contributed by atoms with Gasteiger partial charge in [0.2, 0.25) is 0 Å². The second-order valence-electron chi connectivity index (χ2n) is 7.00. The van der Waals surface area contributed by atoms with Crippen LogP contribution in [-0.2, 0) is 0 Å². The highest BCUT2D eigenvalue weighted by Crippen LogP contribution is 2.31. The van der Waals surface area contributed by atoms with Crippen molar-refractivity contribution in [1.82, 2.24) is 4.57 Å². The van der Waals surface area contributed by atoms with E-state index in [2.05, 4.69) is 105 Å². The monoisotopic (exact) mass is 383 g/mol. The van der Waals surface area contributed by atoms with Crippen molar-refractivity contribution in [2.45, 2.75) is 40.5 Å². The van der Waals surface area contributed by atoms with Crippen molar-refractivity contribution in [2.24, 2.45) is 0 Å². The van der Waals surface area contributed by atoms with Gasteiger partial charge >= 0.3 is 0 Å². The van der Waals surface area contributed by atoms with Crippen LogP contribution in [0.1, 0.15) is 51.8 Å². The third-order valence-corrected chi connectivity index (χ3v) is 4.99. The predicted octanol–water partition coefficient (Wildman–Crippen LogP) is 8.59. The van der Waals surface area contributed by atoms with Crippen molar-refractivity contribution in [3.63, 3.8) is 0 Å². The Morgan fingerprint density at radius 1 is 1.03 bits per heavy atom. The first-order valence-electron chi connectivity index (χ1n) is 10.3. The van der Waals surface area contributed by atoms with Crippen LogP contribution in [0.2, 0.25) is 0 Å². The number of benzene rings is 1. The number of nitrogens with zero attached hydrogens (tertiary/aromatic N) is 1. The Balaban J connectivity index is 2.54. The van der Waals surface area contributed by atoms with Gasteiger partial charge in [0.15, 0.2) is 0 Å². The molecule has 0 spiro atoms. The first-order chi connectivity index (χ1) is 14.1. The molecule has 1 heterocycles. The third-order valence-electron chi connectivity index (χ3n) is 4.99. The molecule has 2 aromatic rings. The van der Waals surface area contributed by atoms with Crippen LogP contribution in [0.3, 0.4) is 0 Å². The number of rotatable bonds is 9. The molecule has 0 aliphatic heterocycles. The molecule has 0 aliphatic carbocycles. The molecule has 1 heteroatoms. The summed E-state index contributed by atoms with van der Waals surface area (Å²) in [4.78, 5) is 0. The third kappa shape index (κ3) is 5.26. The van der Waals surface area contributed by atoms with E-state index in [1.807, 2.05) is 19.1 Å². The zero-order valence-electron chi connectivity index (χ0n) is 18.3. The van der Waals surface area contributed by atoms with Crippen LogP contribution in [0.15, 0.2) is 91.1 Å². The van der Waals surface area contributed by atoms with E-state index in [9.17, 15) is 0 Å². The molecule has 29 heavy (non-hydrogen) atoms. The summed E-state index contributed by atoms with van der Waals surface area (Å²) in [6, 6.07) is 8.54. The molecule has 0 atom stereocenters. The summed E-state index contributed by atoms with van der Waals surface area (Å²) in [5.41, 5.74) is 7.39. The van der Waals surface area contributed by atoms with Crippen LogP contribution in [-0.4, -0.2) is 4.57 Å². The van der Waals surface area contributed by atoms with Crippen LogP contribution in [0.25, 0.3) is 28.8 Å². The Morgan fingerprint density at radius 3 is 2.41 bits per heavy atom. The van der Waals surface area contributed by atoms with Gasteiger partial charge in [-0.25, -0.2) is 0 Å². The summed E-state index contributed by atoms with van der Waals surface area (Å²) >= 11 is 0. The van der Waals surface area contributed by atoms with Crippen LogP contribution in [0.5, 0.6) is 0 Å². The van der Waals surface area contributed by atoms with E-state index in [0.717, 1.165) is 18.5 Å². The average Bonchev–Trinajstić information content (AvgIpc) is 3.05. The predicted molar refractivity (Wildman–Crippen MR) is 133 cm³/mol. The normalized spacial score (nSPS) is 13.7. The van der Waals surface area contributed by atoms with Gasteiger partial charge in [-0.05, 0) is 57.4 Å². The molecular formula is C28H33N. The summed E-state index contributed by atoms with van der Waals surface area (Å²) in [6.07, 6.45) is 20.8. The Morgan fingerprint density at radius 2 is 1.79 bits per heavy atom. The van der Waals surface area contributed by atoms with Crippen molar-refractivity contribution in [3.8, 4) is 0 Å². The Bertz CT molecular complexity index is 1020. The summed E-state index contributed by atoms with van der Waals surface area (Å²) in [5.74, 6) is 0. The second kappa shape index (κ2) is 11.1. The number of aromatic nitrogens is 1. The van der Waals surface area contributed by atoms with E-state index in [-0.39, 0.29) is 0 Å². The van der Waals surface area contributed by atoms with Crippen LogP contribution < -0.4 is 0 Å². The molecule has 1 aromatic heterocycles. The quantitative estimate of drug-likeness (QED) is 0.382. The highest BCUT2D eigenvalue weighted by Gasteiger charge is 2.13. The van der Waals surface area contributed by atoms with E-state index in [4.69, 9.17) is 0 Å². The lowest BCUT2D eigenvalue weighted by Gasteiger charge is -2.10. The minimum absolute atomic E-state index is 0.932. The van der Waals surface area contributed by atoms with Gasteiger partial charge in [-0.1, -0.05) is 86.4 Å². The lowest BCUT2D eigenvalue weighted by Crippen LogP contribution is -1.96. The van der Waals surface area contributed by atoms with Crippen molar-refractivity contribution < 1.29 is 0 Å². The van der Waals surface area contributed by atoms with E-state index in [1.165, 1.54) is 33.3 Å². The van der Waals surface area contributed by atoms with E-state index in [0.29, 0.717) is 0 Å². The second-order valence-corrected chi connectivity index (χ2v) is 7.00. The van der Waals surface area contributed by atoms with Crippen LogP contribution in [0.4, 0.5) is 0 Å². The summed E-state index contributed by atoms with van der Waals surface area (Å²) in [6.45, 7) is 16.4. The van der Waals surface area contributed by atoms with E-state index >= 15 is 0 Å². The number of hydrogen-bond acceptors (Lipinski definition) is 0. The minimum Gasteiger partial charge on any atom is -0.313 e. The average molecular weight is 384 g/mol. The van der Waals surface area contributed by atoms with Crippen LogP contribution in [0, 0.1) is 0 Å². The first kappa shape index (κ1) is 22.2. The summed E-state index contributed by atoms with van der Waals surface area (Å²) < 4.78 is 2.30. The Kier molecular flexibility index (Phi) is 8.48. The lowest BCUT2D eigenvalue weighted by molar-refractivity contribution is 1.01. The molecule has 0 unspecified atom stereocenters. The molecule has 0 aliphatic rings. The van der Waals surface area contributed by atoms with Crippen LogP contribution >= 0.6 is 0 Å². The van der Waals surface area contributed by atoms with E-state index < -0.39 is 0 Å². The molecule has 0 fully saturated rings. The molecule has 150 valence electrons. The van der Waals surface area contributed by atoms with Crippen molar-refractivity contribution in [2.75, 3.05) is 0 Å². The highest BCUT2D eigenvalue weighted by molar-refractivity contribution is 5.96. The zero-order chi connectivity index (χ0) is 21.2. The Hall–Kier alpha value is -3.06. The molecule has 0 amide bonds. The fourth-order valence-electron chi connectivity index (χ4n) is 3.62. The maximum atomic E-state index is 4.08. The number of hydrogen-bond donors (Lipinski definition) is 0. The molecule has 1 aromatic carbocycles. The van der Waals surface area contributed by atoms with Crippen molar-refractivity contribution in [1.29, 1.82) is 0 Å². The number of allylic oxidation sites excluding steroid dienone is 10. The van der Waals surface area contributed by atoms with Gasteiger partial charge in [-0.3, -0.25) is 0 Å². The van der Waals surface area contributed by atoms with Crippen molar-refractivity contribution in [3.05, 3.63) is 102 Å². The van der Waals surface area contributed by atoms with Gasteiger partial charge in [-0.15, -0.1) is 0 Å². The molecule has 0 saturated heterocycles. The number of para-hydroxylation sites is 1. The molecule has 1 nitrogen and oxygen atoms in total. The van der Waals surface area contributed by atoms with Gasteiger partial charge < -0.3 is 4.57 Å². The summed E-state index contributed by atoms with van der Waals surface area (Å²) in [7, 11) is 0. The topological polar surface area (TPSA) is 4.93 Å². The van der Waals surface area contributed by atoms with Gasteiger partial charge in [0.25, 0.3) is 0 Å². The van der Waals surface area contributed by atoms with E-state index in [1.54, 1.807) is 0 Å². The molecule has 0 radical (unpaired) electrons. The van der Waals surface area contributed by atoms with Gasteiger partial charge in [-0.2, -0.15) is 0 Å².